The Morgan fingerprint density at radius 2 is 1.90 bits per heavy atom. The van der Waals surface area contributed by atoms with Crippen molar-refractivity contribution >= 4 is 0 Å². The first-order valence-corrected chi connectivity index (χ1v) is 9.48. The number of piperazine rings is 1. The molecule has 0 radical (unpaired) electrons. The highest BCUT2D eigenvalue weighted by molar-refractivity contribution is 4.98. The topological polar surface area (TPSA) is 15.3 Å². The van der Waals surface area contributed by atoms with Gasteiger partial charge >= 0.3 is 0 Å². The second-order valence-corrected chi connectivity index (χ2v) is 8.25. The third-order valence-corrected chi connectivity index (χ3v) is 6.32. The van der Waals surface area contributed by atoms with E-state index in [0.717, 1.165) is 23.8 Å². The molecular weight excluding hydrogens is 256 g/mol. The van der Waals surface area contributed by atoms with Crippen LogP contribution in [-0.2, 0) is 0 Å². The molecular formula is C19H38N2. The Morgan fingerprint density at radius 3 is 2.48 bits per heavy atom. The van der Waals surface area contributed by atoms with E-state index in [0.29, 0.717) is 5.54 Å². The van der Waals surface area contributed by atoms with E-state index in [-0.39, 0.29) is 0 Å². The van der Waals surface area contributed by atoms with Crippen LogP contribution in [0.5, 0.6) is 0 Å². The SMILES string of the molecule is CCC1(CC)CN(CC2CCCC(C)C2)C(C(C)C)CN1. The summed E-state index contributed by atoms with van der Waals surface area (Å²) in [5, 5.41) is 3.90. The molecule has 2 aliphatic rings. The molecule has 0 spiro atoms. The fraction of sp³-hybridized carbons (Fsp3) is 1.00. The number of hydrogen-bond acceptors (Lipinski definition) is 2. The van der Waals surface area contributed by atoms with E-state index >= 15 is 0 Å². The Morgan fingerprint density at radius 1 is 1.19 bits per heavy atom. The lowest BCUT2D eigenvalue weighted by Gasteiger charge is -2.50. The summed E-state index contributed by atoms with van der Waals surface area (Å²) in [6, 6.07) is 0.730. The van der Waals surface area contributed by atoms with Crippen LogP contribution >= 0.6 is 0 Å². The average Bonchev–Trinajstić information content (AvgIpc) is 2.47. The lowest BCUT2D eigenvalue weighted by molar-refractivity contribution is 0.0306. The smallest absolute Gasteiger partial charge is 0.0304 e. The summed E-state index contributed by atoms with van der Waals surface area (Å²) < 4.78 is 0. The largest absolute Gasteiger partial charge is 0.308 e. The molecule has 3 atom stereocenters. The first-order chi connectivity index (χ1) is 9.99. The van der Waals surface area contributed by atoms with Crippen molar-refractivity contribution in [1.82, 2.24) is 10.2 Å². The van der Waals surface area contributed by atoms with Crippen molar-refractivity contribution in [3.05, 3.63) is 0 Å². The van der Waals surface area contributed by atoms with Gasteiger partial charge in [0.05, 0.1) is 0 Å². The zero-order valence-corrected chi connectivity index (χ0v) is 15.1. The predicted molar refractivity (Wildman–Crippen MR) is 92.6 cm³/mol. The van der Waals surface area contributed by atoms with Gasteiger partial charge in [0.25, 0.3) is 0 Å². The zero-order chi connectivity index (χ0) is 15.5. The van der Waals surface area contributed by atoms with E-state index in [1.54, 1.807) is 0 Å². The fourth-order valence-electron chi connectivity index (χ4n) is 4.65. The molecule has 1 saturated heterocycles. The Bertz CT molecular complexity index is 309. The van der Waals surface area contributed by atoms with Crippen molar-refractivity contribution in [2.24, 2.45) is 17.8 Å². The maximum atomic E-state index is 3.90. The van der Waals surface area contributed by atoms with Gasteiger partial charge in [-0.25, -0.2) is 0 Å². The second kappa shape index (κ2) is 7.46. The molecule has 1 aliphatic carbocycles. The minimum atomic E-state index is 0.367. The van der Waals surface area contributed by atoms with E-state index in [2.05, 4.69) is 44.8 Å². The molecule has 1 saturated carbocycles. The molecule has 3 unspecified atom stereocenters. The second-order valence-electron chi connectivity index (χ2n) is 8.25. The van der Waals surface area contributed by atoms with Crippen LogP contribution in [0.2, 0.25) is 0 Å². The van der Waals surface area contributed by atoms with Gasteiger partial charge in [-0.3, -0.25) is 4.90 Å². The first-order valence-electron chi connectivity index (χ1n) is 9.48. The van der Waals surface area contributed by atoms with Crippen LogP contribution in [-0.4, -0.2) is 36.1 Å². The van der Waals surface area contributed by atoms with E-state index in [4.69, 9.17) is 0 Å². The van der Waals surface area contributed by atoms with Gasteiger partial charge in [0, 0.05) is 31.2 Å². The third kappa shape index (κ3) is 4.22. The normalized spacial score (nSPS) is 34.3. The van der Waals surface area contributed by atoms with E-state index in [1.165, 1.54) is 58.2 Å². The van der Waals surface area contributed by atoms with Gasteiger partial charge in [-0.1, -0.05) is 47.5 Å². The van der Waals surface area contributed by atoms with Crippen LogP contribution in [0.25, 0.3) is 0 Å². The lowest BCUT2D eigenvalue weighted by atomic mass is 9.80. The molecule has 1 heterocycles. The zero-order valence-electron chi connectivity index (χ0n) is 15.1. The van der Waals surface area contributed by atoms with E-state index < -0.39 is 0 Å². The van der Waals surface area contributed by atoms with Crippen LogP contribution < -0.4 is 5.32 Å². The summed E-state index contributed by atoms with van der Waals surface area (Å²) in [7, 11) is 0. The van der Waals surface area contributed by atoms with Crippen molar-refractivity contribution < 1.29 is 0 Å². The van der Waals surface area contributed by atoms with Gasteiger partial charge in [0.2, 0.25) is 0 Å². The van der Waals surface area contributed by atoms with Gasteiger partial charge in [-0.15, -0.1) is 0 Å². The molecule has 0 aromatic carbocycles. The van der Waals surface area contributed by atoms with Crippen molar-refractivity contribution in [3.63, 3.8) is 0 Å². The molecule has 1 aliphatic heterocycles. The molecule has 2 rings (SSSR count). The Kier molecular flexibility index (Phi) is 6.14. The summed E-state index contributed by atoms with van der Waals surface area (Å²) in [5.41, 5.74) is 0.367. The van der Waals surface area contributed by atoms with Gasteiger partial charge in [-0.2, -0.15) is 0 Å². The van der Waals surface area contributed by atoms with E-state index in [1.807, 2.05) is 0 Å². The Balaban J connectivity index is 2.03. The number of nitrogens with zero attached hydrogens (tertiary/aromatic N) is 1. The number of rotatable bonds is 5. The summed E-state index contributed by atoms with van der Waals surface area (Å²) in [6.45, 7) is 15.7. The molecule has 1 N–H and O–H groups in total. The van der Waals surface area contributed by atoms with Crippen molar-refractivity contribution in [3.8, 4) is 0 Å². The van der Waals surface area contributed by atoms with Crippen LogP contribution in [0.1, 0.15) is 73.1 Å². The minimum absolute atomic E-state index is 0.367. The lowest BCUT2D eigenvalue weighted by Crippen LogP contribution is -2.65. The molecule has 0 aromatic heterocycles. The van der Waals surface area contributed by atoms with Gasteiger partial charge < -0.3 is 5.32 Å². The Hall–Kier alpha value is -0.0800. The number of nitrogens with one attached hydrogen (secondary N) is 1. The highest BCUT2D eigenvalue weighted by Gasteiger charge is 2.38. The molecule has 0 bridgehead atoms. The fourth-order valence-corrected chi connectivity index (χ4v) is 4.65. The van der Waals surface area contributed by atoms with Crippen LogP contribution in [0, 0.1) is 17.8 Å². The average molecular weight is 295 g/mol. The molecule has 2 heteroatoms. The first kappa shape index (κ1) is 17.3. The maximum Gasteiger partial charge on any atom is 0.0304 e. The Labute approximate surface area is 133 Å². The highest BCUT2D eigenvalue weighted by Crippen LogP contribution is 2.32. The van der Waals surface area contributed by atoms with Crippen molar-refractivity contribution in [2.75, 3.05) is 19.6 Å². The quantitative estimate of drug-likeness (QED) is 0.813. The van der Waals surface area contributed by atoms with Gasteiger partial charge in [0.1, 0.15) is 0 Å². The summed E-state index contributed by atoms with van der Waals surface area (Å²) >= 11 is 0. The molecule has 0 aromatic rings. The molecule has 2 fully saturated rings. The molecule has 124 valence electrons. The van der Waals surface area contributed by atoms with Crippen molar-refractivity contribution in [2.45, 2.75) is 84.7 Å². The van der Waals surface area contributed by atoms with Crippen molar-refractivity contribution in [1.29, 1.82) is 0 Å². The molecule has 21 heavy (non-hydrogen) atoms. The minimum Gasteiger partial charge on any atom is -0.308 e. The summed E-state index contributed by atoms with van der Waals surface area (Å²) in [5.74, 6) is 2.65. The van der Waals surface area contributed by atoms with E-state index in [9.17, 15) is 0 Å². The highest BCUT2D eigenvalue weighted by atomic mass is 15.3. The van der Waals surface area contributed by atoms with Gasteiger partial charge in [0.15, 0.2) is 0 Å². The summed E-state index contributed by atoms with van der Waals surface area (Å²) in [6.07, 6.45) is 8.35. The molecule has 2 nitrogen and oxygen atoms in total. The standard InChI is InChI=1S/C19H38N2/c1-6-19(7-2)14-21(18(12-20-19)15(3)4)13-17-10-8-9-16(5)11-17/h15-18,20H,6-14H2,1-5H3. The predicted octanol–water partition coefficient (Wildman–Crippen LogP) is 4.30. The molecule has 0 amide bonds. The van der Waals surface area contributed by atoms with Crippen LogP contribution in [0.15, 0.2) is 0 Å². The van der Waals surface area contributed by atoms with Crippen LogP contribution in [0.3, 0.4) is 0 Å². The van der Waals surface area contributed by atoms with Gasteiger partial charge in [-0.05, 0) is 43.4 Å². The number of hydrogen-bond donors (Lipinski definition) is 1. The summed E-state index contributed by atoms with van der Waals surface area (Å²) in [4.78, 5) is 2.86. The monoisotopic (exact) mass is 294 g/mol. The third-order valence-electron chi connectivity index (χ3n) is 6.32. The maximum absolute atomic E-state index is 3.90. The van der Waals surface area contributed by atoms with Crippen LogP contribution in [0.4, 0.5) is 0 Å².